The Labute approximate surface area is 191 Å². The number of benzene rings is 3. The summed E-state index contributed by atoms with van der Waals surface area (Å²) < 4.78 is 37.2. The summed E-state index contributed by atoms with van der Waals surface area (Å²) in [5.41, 5.74) is 2.44. The number of aromatic nitrogens is 2. The second kappa shape index (κ2) is 9.25. The van der Waals surface area contributed by atoms with Gasteiger partial charge in [0, 0.05) is 12.6 Å². The summed E-state index contributed by atoms with van der Waals surface area (Å²) >= 11 is 0. The van der Waals surface area contributed by atoms with Crippen molar-refractivity contribution in [1.82, 2.24) is 10.1 Å². The van der Waals surface area contributed by atoms with E-state index in [1.807, 2.05) is 37.3 Å². The lowest BCUT2D eigenvalue weighted by atomic mass is 10.2. The lowest BCUT2D eigenvalue weighted by Crippen LogP contribution is -2.26. The number of carbonyl (C=O) groups excluding carboxylic acids is 1. The fourth-order valence-corrected chi connectivity index (χ4v) is 4.24. The highest BCUT2D eigenvalue weighted by atomic mass is 32.2. The van der Waals surface area contributed by atoms with Crippen LogP contribution in [0.5, 0.6) is 0 Å². The normalized spacial score (nSPS) is 11.2. The van der Waals surface area contributed by atoms with E-state index in [0.29, 0.717) is 11.5 Å². The first-order valence-electron chi connectivity index (χ1n) is 10.1. The zero-order chi connectivity index (χ0) is 23.4. The van der Waals surface area contributed by atoms with Crippen LogP contribution in [0.3, 0.4) is 0 Å². The summed E-state index contributed by atoms with van der Waals surface area (Å²) in [4.78, 5) is 16.8. The first-order valence-corrected chi connectivity index (χ1v) is 11.5. The Morgan fingerprint density at radius 1 is 0.970 bits per heavy atom. The van der Waals surface area contributed by atoms with Crippen molar-refractivity contribution >= 4 is 21.7 Å². The molecule has 1 aromatic heterocycles. The molecule has 0 amide bonds. The molecule has 0 aliphatic carbocycles. The highest BCUT2D eigenvalue weighted by Crippen LogP contribution is 2.23. The van der Waals surface area contributed by atoms with Crippen LogP contribution in [0.15, 0.2) is 88.3 Å². The number of carbonyl (C=O) groups is 1. The van der Waals surface area contributed by atoms with Crippen LogP contribution >= 0.6 is 0 Å². The zero-order valence-corrected chi connectivity index (χ0v) is 18.8. The molecule has 1 heterocycles. The van der Waals surface area contributed by atoms with Gasteiger partial charge < -0.3 is 9.26 Å². The van der Waals surface area contributed by atoms with E-state index < -0.39 is 16.0 Å². The summed E-state index contributed by atoms with van der Waals surface area (Å²) in [6, 6.07) is 22.0. The van der Waals surface area contributed by atoms with Crippen LogP contribution in [0.2, 0.25) is 0 Å². The Kier molecular flexibility index (Phi) is 6.23. The second-order valence-electron chi connectivity index (χ2n) is 7.29. The second-order valence-corrected chi connectivity index (χ2v) is 9.26. The summed E-state index contributed by atoms with van der Waals surface area (Å²) in [6.07, 6.45) is 0. The number of anilines is 1. The van der Waals surface area contributed by atoms with Crippen molar-refractivity contribution in [2.24, 2.45) is 0 Å². The van der Waals surface area contributed by atoms with E-state index in [1.165, 1.54) is 19.2 Å². The Morgan fingerprint density at radius 2 is 1.64 bits per heavy atom. The van der Waals surface area contributed by atoms with Gasteiger partial charge in [-0.15, -0.1) is 0 Å². The van der Waals surface area contributed by atoms with E-state index in [4.69, 9.17) is 9.26 Å². The number of esters is 1. The molecular formula is C24H21N3O5S. The van der Waals surface area contributed by atoms with Gasteiger partial charge in [0.25, 0.3) is 15.9 Å². The Morgan fingerprint density at radius 3 is 2.30 bits per heavy atom. The molecule has 9 heteroatoms. The van der Waals surface area contributed by atoms with Crippen LogP contribution in [0.25, 0.3) is 11.4 Å². The van der Waals surface area contributed by atoms with Gasteiger partial charge in [0.15, 0.2) is 6.61 Å². The average molecular weight is 464 g/mol. The van der Waals surface area contributed by atoms with Crippen molar-refractivity contribution in [3.05, 3.63) is 95.9 Å². The van der Waals surface area contributed by atoms with Crippen molar-refractivity contribution in [1.29, 1.82) is 0 Å². The number of ether oxygens (including phenoxy) is 1. The molecule has 3 aromatic carbocycles. The fraction of sp³-hybridized carbons (Fsp3) is 0.125. The topological polar surface area (TPSA) is 103 Å². The van der Waals surface area contributed by atoms with E-state index in [-0.39, 0.29) is 23.0 Å². The van der Waals surface area contributed by atoms with Crippen LogP contribution in [0, 0.1) is 6.92 Å². The van der Waals surface area contributed by atoms with Crippen molar-refractivity contribution in [3.8, 4) is 11.4 Å². The van der Waals surface area contributed by atoms with Crippen molar-refractivity contribution < 1.29 is 22.5 Å². The van der Waals surface area contributed by atoms with E-state index >= 15 is 0 Å². The third kappa shape index (κ3) is 4.93. The lowest BCUT2D eigenvalue weighted by Gasteiger charge is -2.19. The molecule has 0 aliphatic heterocycles. The predicted octanol–water partition coefficient (Wildman–Crippen LogP) is 4.23. The lowest BCUT2D eigenvalue weighted by molar-refractivity contribution is 0.0430. The molecule has 0 saturated carbocycles. The van der Waals surface area contributed by atoms with Gasteiger partial charge in [0.1, 0.15) is 0 Å². The Balaban J connectivity index is 1.40. The highest BCUT2D eigenvalue weighted by molar-refractivity contribution is 7.92. The molecule has 0 unspecified atom stereocenters. The Bertz CT molecular complexity index is 1350. The summed E-state index contributed by atoms with van der Waals surface area (Å²) in [7, 11) is -2.26. The maximum Gasteiger partial charge on any atom is 0.338 e. The van der Waals surface area contributed by atoms with Crippen molar-refractivity contribution in [2.75, 3.05) is 11.4 Å². The minimum absolute atomic E-state index is 0.169. The molecular weight excluding hydrogens is 442 g/mol. The van der Waals surface area contributed by atoms with Gasteiger partial charge in [-0.2, -0.15) is 4.98 Å². The van der Waals surface area contributed by atoms with Gasteiger partial charge in [-0.25, -0.2) is 13.2 Å². The first kappa shape index (κ1) is 22.2. The minimum Gasteiger partial charge on any atom is -0.452 e. The molecule has 0 N–H and O–H groups in total. The molecule has 0 spiro atoms. The number of nitrogens with zero attached hydrogens (tertiary/aromatic N) is 3. The number of sulfonamides is 1. The molecule has 0 atom stereocenters. The average Bonchev–Trinajstić information content (AvgIpc) is 3.32. The number of rotatable bonds is 7. The van der Waals surface area contributed by atoms with Crippen LogP contribution in [-0.4, -0.2) is 31.6 Å². The van der Waals surface area contributed by atoms with E-state index in [0.717, 1.165) is 15.4 Å². The van der Waals surface area contributed by atoms with Crippen LogP contribution in [0.1, 0.15) is 21.8 Å². The predicted molar refractivity (Wildman–Crippen MR) is 122 cm³/mol. The maximum absolute atomic E-state index is 12.8. The minimum atomic E-state index is -3.72. The van der Waals surface area contributed by atoms with Gasteiger partial charge in [0.05, 0.1) is 16.1 Å². The van der Waals surface area contributed by atoms with E-state index in [9.17, 15) is 13.2 Å². The molecule has 8 nitrogen and oxygen atoms in total. The molecule has 0 fully saturated rings. The zero-order valence-electron chi connectivity index (χ0n) is 18.0. The standard InChI is InChI=1S/C24H21N3O5S/c1-17-8-14-21(15-9-17)33(29,30)27(2)20-12-10-19(11-13-20)24(28)31-16-22-25-23(26-32-22)18-6-4-3-5-7-18/h3-15H,16H2,1-2H3. The summed E-state index contributed by atoms with van der Waals surface area (Å²) in [5.74, 6) is -0.0170. The SMILES string of the molecule is Cc1ccc(S(=O)(=O)N(C)c2ccc(C(=O)OCc3nc(-c4ccccc4)no3)cc2)cc1. The molecule has 4 rings (SSSR count). The molecule has 4 aromatic rings. The summed E-state index contributed by atoms with van der Waals surface area (Å²) in [5, 5.41) is 3.88. The molecule has 0 aliphatic rings. The van der Waals surface area contributed by atoms with Crippen LogP contribution < -0.4 is 4.31 Å². The number of aryl methyl sites for hydroxylation is 1. The Hall–Kier alpha value is -3.98. The monoisotopic (exact) mass is 463 g/mol. The van der Waals surface area contributed by atoms with Gasteiger partial charge in [-0.1, -0.05) is 53.2 Å². The van der Waals surface area contributed by atoms with E-state index in [2.05, 4.69) is 10.1 Å². The smallest absolute Gasteiger partial charge is 0.338 e. The number of hydrogen-bond donors (Lipinski definition) is 0. The first-order chi connectivity index (χ1) is 15.8. The van der Waals surface area contributed by atoms with Crippen molar-refractivity contribution in [2.45, 2.75) is 18.4 Å². The molecule has 0 radical (unpaired) electrons. The molecule has 0 bridgehead atoms. The molecule has 0 saturated heterocycles. The maximum atomic E-state index is 12.8. The largest absolute Gasteiger partial charge is 0.452 e. The van der Waals surface area contributed by atoms with E-state index in [1.54, 1.807) is 36.4 Å². The van der Waals surface area contributed by atoms with Gasteiger partial charge in [-0.3, -0.25) is 4.31 Å². The highest BCUT2D eigenvalue weighted by Gasteiger charge is 2.21. The van der Waals surface area contributed by atoms with Crippen molar-refractivity contribution in [3.63, 3.8) is 0 Å². The third-order valence-corrected chi connectivity index (χ3v) is 6.77. The molecule has 33 heavy (non-hydrogen) atoms. The van der Waals surface area contributed by atoms with Crippen LogP contribution in [0.4, 0.5) is 5.69 Å². The van der Waals surface area contributed by atoms with Gasteiger partial charge >= 0.3 is 5.97 Å². The summed E-state index contributed by atoms with van der Waals surface area (Å²) in [6.45, 7) is 1.71. The number of hydrogen-bond acceptors (Lipinski definition) is 7. The third-order valence-electron chi connectivity index (χ3n) is 4.97. The fourth-order valence-electron chi connectivity index (χ4n) is 3.04. The van der Waals surface area contributed by atoms with Gasteiger partial charge in [0.2, 0.25) is 5.82 Å². The van der Waals surface area contributed by atoms with Crippen LogP contribution in [-0.2, 0) is 21.4 Å². The molecule has 168 valence electrons. The van der Waals surface area contributed by atoms with Gasteiger partial charge in [-0.05, 0) is 43.3 Å². The quantitative estimate of drug-likeness (QED) is 0.378.